The summed E-state index contributed by atoms with van der Waals surface area (Å²) in [6.45, 7) is 2.11. The summed E-state index contributed by atoms with van der Waals surface area (Å²) in [7, 11) is 0. The smallest absolute Gasteiger partial charge is 0.241 e. The summed E-state index contributed by atoms with van der Waals surface area (Å²) in [5, 5.41) is 6.43. The number of halogens is 1. The molecule has 1 aromatic heterocycles. The Morgan fingerprint density at radius 1 is 1.31 bits per heavy atom. The molecule has 5 nitrogen and oxygen atoms in total. The van der Waals surface area contributed by atoms with E-state index in [1.165, 1.54) is 0 Å². The van der Waals surface area contributed by atoms with E-state index < -0.39 is 10.8 Å². The van der Waals surface area contributed by atoms with E-state index in [2.05, 4.69) is 22.5 Å². The third-order valence-electron chi connectivity index (χ3n) is 5.67. The molecular weight excluding hydrogens is 350 g/mol. The van der Waals surface area contributed by atoms with E-state index >= 15 is 0 Å². The first-order valence-electron chi connectivity index (χ1n) is 8.86. The summed E-state index contributed by atoms with van der Waals surface area (Å²) in [4.78, 5) is 30.1. The minimum absolute atomic E-state index is 0.227. The third kappa shape index (κ3) is 2.34. The van der Waals surface area contributed by atoms with E-state index in [1.807, 2.05) is 12.1 Å². The van der Waals surface area contributed by atoms with Gasteiger partial charge in [0, 0.05) is 34.2 Å². The lowest BCUT2D eigenvalue weighted by Crippen LogP contribution is -2.44. The summed E-state index contributed by atoms with van der Waals surface area (Å²) in [5.74, 6) is -0.488. The van der Waals surface area contributed by atoms with Gasteiger partial charge in [-0.2, -0.15) is 0 Å². The topological polar surface area (TPSA) is 71.1 Å². The molecule has 1 aliphatic heterocycles. The van der Waals surface area contributed by atoms with Gasteiger partial charge >= 0.3 is 0 Å². The number of nitrogens with zero attached hydrogens (tertiary/aromatic N) is 1. The Hall–Kier alpha value is -2.40. The average molecular weight is 370 g/mol. The lowest BCUT2D eigenvalue weighted by molar-refractivity contribution is -0.132. The van der Waals surface area contributed by atoms with Gasteiger partial charge in [0.05, 0.1) is 0 Å². The van der Waals surface area contributed by atoms with Crippen LogP contribution in [0.5, 0.6) is 0 Å². The second-order valence-electron chi connectivity index (χ2n) is 7.10. The Balaban J connectivity index is 1.75. The molecule has 2 N–H and O–H groups in total. The van der Waals surface area contributed by atoms with E-state index in [4.69, 9.17) is 11.6 Å². The predicted molar refractivity (Wildman–Crippen MR) is 101 cm³/mol. The maximum absolute atomic E-state index is 13.2. The highest BCUT2D eigenvalue weighted by Gasteiger charge is 2.78. The second kappa shape index (κ2) is 6.09. The zero-order chi connectivity index (χ0) is 18.4. The van der Waals surface area contributed by atoms with Crippen molar-refractivity contribution in [3.05, 3.63) is 53.3 Å². The van der Waals surface area contributed by atoms with Crippen LogP contribution in [0, 0.1) is 5.41 Å². The van der Waals surface area contributed by atoms with Crippen molar-refractivity contribution in [1.29, 1.82) is 0 Å². The van der Waals surface area contributed by atoms with Crippen LogP contribution in [0.1, 0.15) is 38.2 Å². The highest BCUT2D eigenvalue weighted by Crippen LogP contribution is 2.71. The first-order chi connectivity index (χ1) is 12.5. The van der Waals surface area contributed by atoms with Gasteiger partial charge in [0.2, 0.25) is 11.8 Å². The molecule has 1 aliphatic carbocycles. The fourth-order valence-electron chi connectivity index (χ4n) is 4.27. The van der Waals surface area contributed by atoms with Crippen LogP contribution in [0.25, 0.3) is 0 Å². The van der Waals surface area contributed by atoms with Crippen molar-refractivity contribution in [2.45, 2.75) is 38.0 Å². The number of hydrogen-bond donors (Lipinski definition) is 2. The molecule has 0 bridgehead atoms. The van der Waals surface area contributed by atoms with Gasteiger partial charge in [-0.3, -0.25) is 14.6 Å². The van der Waals surface area contributed by atoms with Crippen LogP contribution in [-0.4, -0.2) is 16.8 Å². The van der Waals surface area contributed by atoms with Crippen LogP contribution in [0.2, 0.25) is 5.02 Å². The van der Waals surface area contributed by atoms with E-state index in [-0.39, 0.29) is 11.8 Å². The van der Waals surface area contributed by atoms with Crippen LogP contribution < -0.4 is 10.6 Å². The lowest BCUT2D eigenvalue weighted by atomic mass is 9.77. The van der Waals surface area contributed by atoms with Crippen molar-refractivity contribution in [2.75, 3.05) is 10.6 Å². The highest BCUT2D eigenvalue weighted by molar-refractivity contribution is 6.31. The molecule has 2 atom stereocenters. The minimum Gasteiger partial charge on any atom is -0.325 e. The number of anilines is 2. The van der Waals surface area contributed by atoms with E-state index in [0.29, 0.717) is 17.1 Å². The number of rotatable bonds is 5. The molecule has 134 valence electrons. The predicted octanol–water partition coefficient (Wildman–Crippen LogP) is 4.14. The number of fused-ring (bicyclic) bond motifs is 3. The molecule has 26 heavy (non-hydrogen) atoms. The van der Waals surface area contributed by atoms with Gasteiger partial charge in [-0.1, -0.05) is 31.4 Å². The maximum Gasteiger partial charge on any atom is 0.241 e. The van der Waals surface area contributed by atoms with Crippen molar-refractivity contribution >= 4 is 34.8 Å². The molecule has 6 heteroatoms. The third-order valence-corrected chi connectivity index (χ3v) is 5.91. The number of benzene rings is 1. The number of hydrogen-bond acceptors (Lipinski definition) is 3. The van der Waals surface area contributed by atoms with Gasteiger partial charge in [0.25, 0.3) is 0 Å². The van der Waals surface area contributed by atoms with Crippen molar-refractivity contribution in [1.82, 2.24) is 4.98 Å². The van der Waals surface area contributed by atoms with Gasteiger partial charge in [0.15, 0.2) is 0 Å². The Kier molecular flexibility index (Phi) is 3.99. The van der Waals surface area contributed by atoms with E-state index in [1.54, 1.807) is 30.6 Å². The van der Waals surface area contributed by atoms with Crippen molar-refractivity contribution < 1.29 is 9.59 Å². The largest absolute Gasteiger partial charge is 0.325 e. The Bertz CT molecular complexity index is 886. The summed E-state index contributed by atoms with van der Waals surface area (Å²) in [6.07, 6.45) is 6.47. The monoisotopic (exact) mass is 369 g/mol. The molecule has 2 unspecified atom stereocenters. The number of unbranched alkanes of at least 4 members (excludes halogenated alkanes) is 1. The second-order valence-corrected chi connectivity index (χ2v) is 7.54. The molecule has 0 saturated heterocycles. The molecule has 4 rings (SSSR count). The molecule has 0 spiro atoms. The zero-order valence-electron chi connectivity index (χ0n) is 14.5. The fraction of sp³-hybridized carbons (Fsp3) is 0.350. The highest BCUT2D eigenvalue weighted by atomic mass is 35.5. The number of carbonyl (C=O) groups is 2. The summed E-state index contributed by atoms with van der Waals surface area (Å²) in [5.41, 5.74) is 0.815. The quantitative estimate of drug-likeness (QED) is 0.778. The van der Waals surface area contributed by atoms with Crippen molar-refractivity contribution in [3.8, 4) is 0 Å². The molecule has 2 aliphatic rings. The van der Waals surface area contributed by atoms with Crippen LogP contribution in [-0.2, 0) is 15.0 Å². The Morgan fingerprint density at radius 3 is 2.81 bits per heavy atom. The van der Waals surface area contributed by atoms with Crippen LogP contribution in [0.15, 0.2) is 42.7 Å². The summed E-state index contributed by atoms with van der Waals surface area (Å²) >= 11 is 6.23. The average Bonchev–Trinajstić information content (AvgIpc) is 3.35. The number of amides is 2. The Labute approximate surface area is 157 Å². The fourth-order valence-corrected chi connectivity index (χ4v) is 4.44. The van der Waals surface area contributed by atoms with Gasteiger partial charge in [0.1, 0.15) is 5.41 Å². The zero-order valence-corrected chi connectivity index (χ0v) is 15.3. The molecule has 1 fully saturated rings. The SMILES string of the molecule is CCCCC12CC1(C(=O)Nc1ccncc1)C(=O)Nc1ccc(Cl)cc12. The molecule has 2 amide bonds. The molecule has 0 radical (unpaired) electrons. The first kappa shape index (κ1) is 17.0. The molecule has 1 saturated carbocycles. The van der Waals surface area contributed by atoms with Crippen LogP contribution in [0.3, 0.4) is 0 Å². The number of aromatic nitrogens is 1. The van der Waals surface area contributed by atoms with Gasteiger partial charge in [-0.15, -0.1) is 0 Å². The normalized spacial score (nSPS) is 25.7. The van der Waals surface area contributed by atoms with E-state index in [9.17, 15) is 9.59 Å². The first-order valence-corrected chi connectivity index (χ1v) is 9.24. The summed E-state index contributed by atoms with van der Waals surface area (Å²) < 4.78 is 0. The van der Waals surface area contributed by atoms with Gasteiger partial charge in [-0.25, -0.2) is 0 Å². The van der Waals surface area contributed by atoms with Crippen LogP contribution >= 0.6 is 11.6 Å². The summed E-state index contributed by atoms with van der Waals surface area (Å²) in [6, 6.07) is 8.92. The number of nitrogens with one attached hydrogen (secondary N) is 2. The van der Waals surface area contributed by atoms with E-state index in [0.717, 1.165) is 30.5 Å². The molecule has 1 aromatic carbocycles. The lowest BCUT2D eigenvalue weighted by Gasteiger charge is -2.32. The molecular formula is C20H20ClN3O2. The number of carbonyl (C=O) groups excluding carboxylic acids is 2. The maximum atomic E-state index is 13.2. The Morgan fingerprint density at radius 2 is 2.08 bits per heavy atom. The van der Waals surface area contributed by atoms with Crippen molar-refractivity contribution in [3.63, 3.8) is 0 Å². The molecule has 2 heterocycles. The molecule has 2 aromatic rings. The standard InChI is InChI=1S/C20H20ClN3O2/c1-2-3-8-19-12-20(19,17(25)23-14-6-9-22-10-7-14)18(26)24-16-5-4-13(21)11-15(16)19/h4-7,9-11H,2-3,8,12H2,1H3,(H,24,26)(H,22,23,25). The number of pyridine rings is 1. The van der Waals surface area contributed by atoms with Gasteiger partial charge < -0.3 is 10.6 Å². The van der Waals surface area contributed by atoms with Gasteiger partial charge in [-0.05, 0) is 48.7 Å². The minimum atomic E-state index is -1.08. The van der Waals surface area contributed by atoms with Crippen LogP contribution in [0.4, 0.5) is 11.4 Å². The van der Waals surface area contributed by atoms with Crippen molar-refractivity contribution in [2.24, 2.45) is 5.41 Å².